The first kappa shape index (κ1) is 9.19. The molecule has 0 unspecified atom stereocenters. The minimum absolute atomic E-state index is 0.569. The van der Waals surface area contributed by atoms with Crippen molar-refractivity contribution >= 4 is 0 Å². The van der Waals surface area contributed by atoms with Gasteiger partial charge in [0.15, 0.2) is 0 Å². The summed E-state index contributed by atoms with van der Waals surface area (Å²) in [6.45, 7) is 2.31. The fraction of sp³-hybridized carbons (Fsp3) is 0.750. The lowest BCUT2D eigenvalue weighted by Gasteiger charge is -2.28. The normalized spacial score (nSPS) is 21.4. The standard InChI is InChI=1S/C8H16N4/c1-12-6-2-8(3-7-12)10-4-5-11-9/h4-5,8-10H,2-3,6-7H2,1H3/b5-4-,11-9?. The van der Waals surface area contributed by atoms with Crippen LogP contribution in [0.1, 0.15) is 12.8 Å². The molecule has 1 fully saturated rings. The second-order valence-electron chi connectivity index (χ2n) is 3.19. The van der Waals surface area contributed by atoms with Gasteiger partial charge in [0.1, 0.15) is 0 Å². The quantitative estimate of drug-likeness (QED) is 0.621. The molecule has 4 nitrogen and oxygen atoms in total. The van der Waals surface area contributed by atoms with Crippen LogP contribution in [0.5, 0.6) is 0 Å². The van der Waals surface area contributed by atoms with Gasteiger partial charge in [-0.15, -0.1) is 0 Å². The van der Waals surface area contributed by atoms with Crippen molar-refractivity contribution in [2.75, 3.05) is 20.1 Å². The summed E-state index contributed by atoms with van der Waals surface area (Å²) in [6, 6.07) is 0.569. The Morgan fingerprint density at radius 2 is 2.17 bits per heavy atom. The predicted octanol–water partition coefficient (Wildman–Crippen LogP) is 1.17. The van der Waals surface area contributed by atoms with Gasteiger partial charge in [-0.2, -0.15) is 5.11 Å². The van der Waals surface area contributed by atoms with E-state index >= 15 is 0 Å². The first-order valence-corrected chi connectivity index (χ1v) is 4.29. The molecule has 0 amide bonds. The maximum absolute atomic E-state index is 6.54. The highest BCUT2D eigenvalue weighted by Gasteiger charge is 2.14. The van der Waals surface area contributed by atoms with Crippen LogP contribution in [0.2, 0.25) is 0 Å². The third-order valence-electron chi connectivity index (χ3n) is 2.20. The van der Waals surface area contributed by atoms with Crippen molar-refractivity contribution in [1.29, 1.82) is 5.53 Å². The van der Waals surface area contributed by atoms with E-state index in [-0.39, 0.29) is 0 Å². The van der Waals surface area contributed by atoms with Crippen molar-refractivity contribution in [3.63, 3.8) is 0 Å². The van der Waals surface area contributed by atoms with Crippen LogP contribution in [0, 0.1) is 5.53 Å². The van der Waals surface area contributed by atoms with Crippen molar-refractivity contribution in [3.8, 4) is 0 Å². The van der Waals surface area contributed by atoms with Crippen molar-refractivity contribution < 1.29 is 0 Å². The molecule has 1 saturated heterocycles. The van der Waals surface area contributed by atoms with Gasteiger partial charge in [0.25, 0.3) is 0 Å². The second kappa shape index (κ2) is 4.87. The van der Waals surface area contributed by atoms with Crippen LogP contribution in [-0.4, -0.2) is 31.1 Å². The Balaban J connectivity index is 2.17. The zero-order valence-electron chi connectivity index (χ0n) is 7.45. The number of hydrogen-bond acceptors (Lipinski definition) is 4. The zero-order valence-corrected chi connectivity index (χ0v) is 7.45. The van der Waals surface area contributed by atoms with Gasteiger partial charge in [-0.3, -0.25) is 0 Å². The van der Waals surface area contributed by atoms with Crippen molar-refractivity contribution in [1.82, 2.24) is 10.2 Å². The molecule has 0 aliphatic carbocycles. The molecule has 12 heavy (non-hydrogen) atoms. The highest BCUT2D eigenvalue weighted by Crippen LogP contribution is 2.07. The molecule has 0 bridgehead atoms. The SMILES string of the molecule is CN1CCC(N/C=C\N=N)CC1. The minimum atomic E-state index is 0.569. The van der Waals surface area contributed by atoms with Gasteiger partial charge in [0.05, 0.1) is 6.20 Å². The molecular formula is C8H16N4. The third kappa shape index (κ3) is 3.00. The number of nitrogens with zero attached hydrogens (tertiary/aromatic N) is 2. The summed E-state index contributed by atoms with van der Waals surface area (Å²) < 4.78 is 0. The van der Waals surface area contributed by atoms with E-state index in [1.807, 2.05) is 0 Å². The van der Waals surface area contributed by atoms with Crippen LogP contribution < -0.4 is 5.32 Å². The summed E-state index contributed by atoms with van der Waals surface area (Å²) in [5, 5.41) is 6.35. The molecule has 1 rings (SSSR count). The fourth-order valence-electron chi connectivity index (χ4n) is 1.39. The van der Waals surface area contributed by atoms with Gasteiger partial charge in [-0.1, -0.05) is 0 Å². The van der Waals surface area contributed by atoms with Crippen molar-refractivity contribution in [3.05, 3.63) is 12.4 Å². The summed E-state index contributed by atoms with van der Waals surface area (Å²) in [4.78, 5) is 2.33. The van der Waals surface area contributed by atoms with E-state index in [2.05, 4.69) is 22.4 Å². The lowest BCUT2D eigenvalue weighted by Crippen LogP contribution is -2.38. The van der Waals surface area contributed by atoms with Gasteiger partial charge in [0.2, 0.25) is 0 Å². The smallest absolute Gasteiger partial charge is 0.0645 e. The molecule has 1 heterocycles. The molecule has 0 spiro atoms. The first-order valence-electron chi connectivity index (χ1n) is 4.29. The molecule has 1 aliphatic heterocycles. The third-order valence-corrected chi connectivity index (χ3v) is 2.20. The first-order chi connectivity index (χ1) is 5.83. The van der Waals surface area contributed by atoms with Crippen molar-refractivity contribution in [2.45, 2.75) is 18.9 Å². The Morgan fingerprint density at radius 1 is 1.50 bits per heavy atom. The molecule has 1 aliphatic rings. The monoisotopic (exact) mass is 168 g/mol. The van der Waals surface area contributed by atoms with E-state index < -0.39 is 0 Å². The van der Waals surface area contributed by atoms with Crippen LogP contribution in [-0.2, 0) is 0 Å². The molecule has 0 aromatic rings. The molecule has 0 atom stereocenters. The van der Waals surface area contributed by atoms with E-state index in [4.69, 9.17) is 5.53 Å². The van der Waals surface area contributed by atoms with Gasteiger partial charge >= 0.3 is 0 Å². The summed E-state index contributed by atoms with van der Waals surface area (Å²) in [5.41, 5.74) is 6.54. The van der Waals surface area contributed by atoms with Crippen LogP contribution in [0.25, 0.3) is 0 Å². The fourth-order valence-corrected chi connectivity index (χ4v) is 1.39. The van der Waals surface area contributed by atoms with Crippen LogP contribution >= 0.6 is 0 Å². The highest BCUT2D eigenvalue weighted by atomic mass is 15.1. The summed E-state index contributed by atoms with van der Waals surface area (Å²) in [7, 11) is 2.14. The lowest BCUT2D eigenvalue weighted by atomic mass is 10.1. The molecule has 0 aromatic heterocycles. The average molecular weight is 168 g/mol. The van der Waals surface area contributed by atoms with Crippen LogP contribution in [0.15, 0.2) is 17.5 Å². The van der Waals surface area contributed by atoms with E-state index in [9.17, 15) is 0 Å². The van der Waals surface area contributed by atoms with E-state index in [1.165, 1.54) is 19.0 Å². The van der Waals surface area contributed by atoms with E-state index in [1.54, 1.807) is 6.20 Å². The lowest BCUT2D eigenvalue weighted by molar-refractivity contribution is 0.244. The minimum Gasteiger partial charge on any atom is -0.387 e. The number of nitrogens with one attached hydrogen (secondary N) is 2. The number of rotatable bonds is 3. The molecule has 0 aromatic carbocycles. The molecule has 0 radical (unpaired) electrons. The van der Waals surface area contributed by atoms with E-state index in [0.29, 0.717) is 6.04 Å². The molecule has 2 N–H and O–H groups in total. The molecule has 68 valence electrons. The highest BCUT2D eigenvalue weighted by molar-refractivity contribution is 4.83. The summed E-state index contributed by atoms with van der Waals surface area (Å²) in [5.74, 6) is 0. The van der Waals surface area contributed by atoms with Gasteiger partial charge in [-0.05, 0) is 33.0 Å². The number of likely N-dealkylation sites (tertiary alicyclic amines) is 1. The van der Waals surface area contributed by atoms with Gasteiger partial charge in [-0.25, -0.2) is 5.53 Å². The Hall–Kier alpha value is -0.900. The zero-order chi connectivity index (χ0) is 8.81. The Morgan fingerprint density at radius 3 is 2.75 bits per heavy atom. The number of hydrogen-bond donors (Lipinski definition) is 2. The Kier molecular flexibility index (Phi) is 3.73. The molecule has 0 saturated carbocycles. The summed E-state index contributed by atoms with van der Waals surface area (Å²) in [6.07, 6.45) is 5.58. The largest absolute Gasteiger partial charge is 0.387 e. The predicted molar refractivity (Wildman–Crippen MR) is 47.9 cm³/mol. The van der Waals surface area contributed by atoms with Gasteiger partial charge in [0, 0.05) is 12.2 Å². The van der Waals surface area contributed by atoms with Crippen molar-refractivity contribution in [2.24, 2.45) is 5.11 Å². The number of piperidine rings is 1. The topological polar surface area (TPSA) is 51.5 Å². The molecule has 4 heteroatoms. The summed E-state index contributed by atoms with van der Waals surface area (Å²) >= 11 is 0. The van der Waals surface area contributed by atoms with E-state index in [0.717, 1.165) is 13.1 Å². The maximum atomic E-state index is 6.54. The molecular weight excluding hydrogens is 152 g/mol. The van der Waals surface area contributed by atoms with Crippen LogP contribution in [0.3, 0.4) is 0 Å². The second-order valence-corrected chi connectivity index (χ2v) is 3.19. The van der Waals surface area contributed by atoms with Gasteiger partial charge < -0.3 is 10.2 Å². The Labute approximate surface area is 73.1 Å². The van der Waals surface area contributed by atoms with Crippen LogP contribution in [0.4, 0.5) is 0 Å². The maximum Gasteiger partial charge on any atom is 0.0645 e. The Bertz CT molecular complexity index is 158. The average Bonchev–Trinajstić information content (AvgIpc) is 2.09.